The van der Waals surface area contributed by atoms with Crippen molar-refractivity contribution in [2.75, 3.05) is 7.11 Å². The molecule has 27 heavy (non-hydrogen) atoms. The van der Waals surface area contributed by atoms with Crippen molar-refractivity contribution < 1.29 is 9.53 Å². The summed E-state index contributed by atoms with van der Waals surface area (Å²) in [4.78, 5) is 36.9. The Bertz CT molecular complexity index is 1170. The normalized spacial score (nSPS) is 14.9. The molecule has 7 nitrogen and oxygen atoms in total. The number of hydrogen-bond donors (Lipinski definition) is 1. The van der Waals surface area contributed by atoms with Crippen LogP contribution in [0.25, 0.3) is 10.8 Å². The van der Waals surface area contributed by atoms with Crippen molar-refractivity contribution in [3.8, 4) is 0 Å². The molecule has 7 heteroatoms. The quantitative estimate of drug-likeness (QED) is 0.713. The molecule has 1 aliphatic rings. The van der Waals surface area contributed by atoms with Gasteiger partial charge in [0.05, 0.1) is 23.8 Å². The summed E-state index contributed by atoms with van der Waals surface area (Å²) in [5, 5.41) is 7.35. The van der Waals surface area contributed by atoms with Crippen molar-refractivity contribution in [1.82, 2.24) is 14.8 Å². The van der Waals surface area contributed by atoms with E-state index in [1.165, 1.54) is 13.2 Å². The second-order valence-corrected chi connectivity index (χ2v) is 7.02. The molecule has 1 saturated carbocycles. The summed E-state index contributed by atoms with van der Waals surface area (Å²) >= 11 is 0. The fraction of sp³-hybridized carbons (Fsp3) is 0.300. The summed E-state index contributed by atoms with van der Waals surface area (Å²) < 4.78 is 6.45. The number of methoxy groups -OCH3 is 1. The van der Waals surface area contributed by atoms with E-state index < -0.39 is 0 Å². The standard InChI is InChI=1S/C20H19N3O4/c1-12-14-9-17(24)23(10-15(14)18(25)22-21-12)11-20(7-8-20)16-6-4-3-5-13(16)19(26)27-2/h3-6,9-10H,7-8,11H2,1-2H3,(H,22,25). The van der Waals surface area contributed by atoms with Gasteiger partial charge in [-0.25, -0.2) is 9.89 Å². The minimum atomic E-state index is -0.388. The van der Waals surface area contributed by atoms with Gasteiger partial charge >= 0.3 is 5.97 Å². The zero-order valence-corrected chi connectivity index (χ0v) is 15.1. The molecule has 138 valence electrons. The first-order valence-electron chi connectivity index (χ1n) is 8.72. The van der Waals surface area contributed by atoms with Gasteiger partial charge in [-0.3, -0.25) is 9.59 Å². The molecule has 0 unspecified atom stereocenters. The molecule has 2 aromatic heterocycles. The lowest BCUT2D eigenvalue weighted by molar-refractivity contribution is 0.0598. The molecule has 1 aliphatic carbocycles. The van der Waals surface area contributed by atoms with Gasteiger partial charge in [0, 0.05) is 29.6 Å². The molecule has 1 N–H and O–H groups in total. The summed E-state index contributed by atoms with van der Waals surface area (Å²) in [5.74, 6) is -0.388. The van der Waals surface area contributed by atoms with Crippen LogP contribution < -0.4 is 11.1 Å². The Morgan fingerprint density at radius 1 is 1.26 bits per heavy atom. The van der Waals surface area contributed by atoms with E-state index in [-0.39, 0.29) is 22.5 Å². The van der Waals surface area contributed by atoms with E-state index >= 15 is 0 Å². The van der Waals surface area contributed by atoms with Crippen LogP contribution in [0.5, 0.6) is 0 Å². The topological polar surface area (TPSA) is 94.1 Å². The second-order valence-electron chi connectivity index (χ2n) is 7.02. The highest BCUT2D eigenvalue weighted by Crippen LogP contribution is 2.50. The number of hydrogen-bond acceptors (Lipinski definition) is 5. The molecule has 2 heterocycles. The average Bonchev–Trinajstić information content (AvgIpc) is 3.46. The number of H-pyrrole nitrogens is 1. The first-order valence-corrected chi connectivity index (χ1v) is 8.72. The first-order chi connectivity index (χ1) is 12.9. The van der Waals surface area contributed by atoms with E-state index in [1.54, 1.807) is 29.8 Å². The van der Waals surface area contributed by atoms with Crippen LogP contribution in [0.3, 0.4) is 0 Å². The predicted octanol–water partition coefficient (Wildman–Crippen LogP) is 1.91. The van der Waals surface area contributed by atoms with Crippen molar-refractivity contribution in [2.24, 2.45) is 0 Å². The van der Waals surface area contributed by atoms with Gasteiger partial charge in [0.25, 0.3) is 11.1 Å². The number of rotatable bonds is 4. The summed E-state index contributed by atoms with van der Waals surface area (Å²) in [6, 6.07) is 8.78. The van der Waals surface area contributed by atoms with Gasteiger partial charge in [-0.2, -0.15) is 5.10 Å². The van der Waals surface area contributed by atoms with Crippen LogP contribution in [0.4, 0.5) is 0 Å². The Kier molecular flexibility index (Phi) is 3.95. The minimum absolute atomic E-state index is 0.195. The van der Waals surface area contributed by atoms with Gasteiger partial charge in [0.2, 0.25) is 0 Å². The Balaban J connectivity index is 1.80. The van der Waals surface area contributed by atoms with E-state index in [0.29, 0.717) is 28.6 Å². The number of benzene rings is 1. The molecule has 0 aliphatic heterocycles. The van der Waals surface area contributed by atoms with Crippen molar-refractivity contribution in [1.29, 1.82) is 0 Å². The minimum Gasteiger partial charge on any atom is -0.465 e. The number of aromatic amines is 1. The number of aryl methyl sites for hydroxylation is 1. The molecular weight excluding hydrogens is 346 g/mol. The molecule has 0 radical (unpaired) electrons. The van der Waals surface area contributed by atoms with Crippen LogP contribution >= 0.6 is 0 Å². The highest BCUT2D eigenvalue weighted by atomic mass is 16.5. The smallest absolute Gasteiger partial charge is 0.338 e. The lowest BCUT2D eigenvalue weighted by Crippen LogP contribution is -2.28. The van der Waals surface area contributed by atoms with Crippen LogP contribution in [-0.4, -0.2) is 27.8 Å². The van der Waals surface area contributed by atoms with E-state index in [9.17, 15) is 14.4 Å². The summed E-state index contributed by atoms with van der Waals surface area (Å²) in [6.45, 7) is 2.15. The van der Waals surface area contributed by atoms with Crippen LogP contribution in [0.2, 0.25) is 0 Å². The number of carbonyl (C=O) groups excluding carboxylic acids is 1. The second kappa shape index (κ2) is 6.19. The molecule has 3 aromatic rings. The number of aromatic nitrogens is 3. The monoisotopic (exact) mass is 365 g/mol. The lowest BCUT2D eigenvalue weighted by Gasteiger charge is -2.20. The van der Waals surface area contributed by atoms with Gasteiger partial charge in [-0.15, -0.1) is 0 Å². The molecule has 0 spiro atoms. The maximum atomic E-state index is 12.6. The Hall–Kier alpha value is -3.22. The van der Waals surface area contributed by atoms with Crippen molar-refractivity contribution >= 4 is 16.7 Å². The third kappa shape index (κ3) is 2.85. The largest absolute Gasteiger partial charge is 0.465 e. The van der Waals surface area contributed by atoms with Crippen molar-refractivity contribution in [2.45, 2.75) is 31.7 Å². The Labute approximate surface area is 154 Å². The number of nitrogens with one attached hydrogen (secondary N) is 1. The van der Waals surface area contributed by atoms with Crippen LogP contribution in [0.1, 0.15) is 34.5 Å². The zero-order chi connectivity index (χ0) is 19.2. The SMILES string of the molecule is COC(=O)c1ccccc1C1(Cn2cc3c(=O)[nH]nc(C)c3cc2=O)CC1. The van der Waals surface area contributed by atoms with Gasteiger partial charge < -0.3 is 9.30 Å². The number of ether oxygens (including phenoxy) is 1. The van der Waals surface area contributed by atoms with E-state index in [2.05, 4.69) is 10.2 Å². The van der Waals surface area contributed by atoms with Gasteiger partial charge in [-0.1, -0.05) is 18.2 Å². The Morgan fingerprint density at radius 3 is 2.70 bits per heavy atom. The van der Waals surface area contributed by atoms with Crippen LogP contribution in [-0.2, 0) is 16.7 Å². The number of esters is 1. The highest BCUT2D eigenvalue weighted by molar-refractivity contribution is 5.91. The molecule has 0 saturated heterocycles. The highest BCUT2D eigenvalue weighted by Gasteiger charge is 2.46. The summed E-state index contributed by atoms with van der Waals surface area (Å²) in [7, 11) is 1.36. The third-order valence-corrected chi connectivity index (χ3v) is 5.32. The van der Waals surface area contributed by atoms with Gasteiger partial charge in [0.1, 0.15) is 0 Å². The van der Waals surface area contributed by atoms with Gasteiger partial charge in [-0.05, 0) is 31.4 Å². The molecule has 1 fully saturated rings. The molecule has 0 atom stereocenters. The molecular formula is C20H19N3O4. The first kappa shape index (κ1) is 17.2. The number of nitrogens with zero attached hydrogens (tertiary/aromatic N) is 2. The zero-order valence-electron chi connectivity index (χ0n) is 15.1. The van der Waals surface area contributed by atoms with Crippen LogP contribution in [0, 0.1) is 6.92 Å². The van der Waals surface area contributed by atoms with E-state index in [1.807, 2.05) is 12.1 Å². The van der Waals surface area contributed by atoms with E-state index in [4.69, 9.17) is 4.74 Å². The number of pyridine rings is 1. The van der Waals surface area contributed by atoms with Crippen molar-refractivity contribution in [3.63, 3.8) is 0 Å². The Morgan fingerprint density at radius 2 is 2.00 bits per heavy atom. The maximum absolute atomic E-state index is 12.6. The maximum Gasteiger partial charge on any atom is 0.338 e. The lowest BCUT2D eigenvalue weighted by atomic mass is 9.91. The number of fused-ring (bicyclic) bond motifs is 1. The van der Waals surface area contributed by atoms with Gasteiger partial charge in [0.15, 0.2) is 0 Å². The number of carbonyl (C=O) groups is 1. The fourth-order valence-electron chi connectivity index (χ4n) is 3.66. The van der Waals surface area contributed by atoms with Crippen LogP contribution in [0.15, 0.2) is 46.1 Å². The predicted molar refractivity (Wildman–Crippen MR) is 100 cm³/mol. The molecule has 4 rings (SSSR count). The summed E-state index contributed by atoms with van der Waals surface area (Å²) in [5.41, 5.74) is 1.17. The average molecular weight is 365 g/mol. The fourth-order valence-corrected chi connectivity index (χ4v) is 3.66. The molecule has 0 bridgehead atoms. The molecule has 0 amide bonds. The van der Waals surface area contributed by atoms with E-state index in [0.717, 1.165) is 18.4 Å². The summed E-state index contributed by atoms with van der Waals surface area (Å²) in [6.07, 6.45) is 3.31. The third-order valence-electron chi connectivity index (χ3n) is 5.32. The molecule has 1 aromatic carbocycles. The van der Waals surface area contributed by atoms with Crippen molar-refractivity contribution in [3.05, 3.63) is 74.1 Å².